The van der Waals surface area contributed by atoms with Gasteiger partial charge in [0, 0.05) is 11.3 Å². The van der Waals surface area contributed by atoms with Crippen LogP contribution >= 0.6 is 0 Å². The van der Waals surface area contributed by atoms with Crippen LogP contribution in [0.3, 0.4) is 0 Å². The second-order valence-electron chi connectivity index (χ2n) is 4.58. The van der Waals surface area contributed by atoms with E-state index in [1.165, 1.54) is 25.3 Å². The van der Waals surface area contributed by atoms with Gasteiger partial charge in [-0.25, -0.2) is 10.2 Å². The van der Waals surface area contributed by atoms with E-state index in [4.69, 9.17) is 0 Å². The number of aromatic nitrogens is 2. The maximum atomic E-state index is 11.7. The van der Waals surface area contributed by atoms with Gasteiger partial charge >= 0.3 is 5.69 Å². The molecule has 1 heterocycles. The summed E-state index contributed by atoms with van der Waals surface area (Å²) in [6.45, 7) is 1.54. The normalized spacial score (nSPS) is 10.8. The van der Waals surface area contributed by atoms with Crippen molar-refractivity contribution in [3.8, 4) is 5.75 Å². The predicted molar refractivity (Wildman–Crippen MR) is 80.0 cm³/mol. The highest BCUT2D eigenvalue weighted by molar-refractivity contribution is 5.83. The molecule has 2 aromatic rings. The molecule has 1 amide bonds. The number of nitrogens with one attached hydrogen (secondary N) is 3. The number of carbonyl (C=O) groups is 1. The zero-order valence-corrected chi connectivity index (χ0v) is 11.7. The summed E-state index contributed by atoms with van der Waals surface area (Å²) in [6, 6.07) is 6.33. The van der Waals surface area contributed by atoms with E-state index in [-0.39, 0.29) is 17.7 Å². The van der Waals surface area contributed by atoms with Gasteiger partial charge < -0.3 is 10.1 Å². The second kappa shape index (κ2) is 6.53. The molecular formula is C14H14N4O4. The fraction of sp³-hybridized carbons (Fsp3) is 0.143. The van der Waals surface area contributed by atoms with E-state index in [1.54, 1.807) is 12.1 Å². The third-order valence-electron chi connectivity index (χ3n) is 2.87. The van der Waals surface area contributed by atoms with Crippen LogP contribution in [-0.2, 0) is 11.2 Å². The number of carbonyl (C=O) groups excluding carboxylic acids is 1. The van der Waals surface area contributed by atoms with Gasteiger partial charge in [0.15, 0.2) is 0 Å². The van der Waals surface area contributed by atoms with E-state index < -0.39 is 17.2 Å². The van der Waals surface area contributed by atoms with Gasteiger partial charge in [-0.3, -0.25) is 14.6 Å². The lowest BCUT2D eigenvalue weighted by Gasteiger charge is -2.02. The molecule has 4 N–H and O–H groups in total. The molecule has 0 unspecified atom stereocenters. The Balaban J connectivity index is 2.02. The van der Waals surface area contributed by atoms with E-state index in [0.29, 0.717) is 11.3 Å². The fourth-order valence-corrected chi connectivity index (χ4v) is 1.82. The number of hydrazone groups is 1. The van der Waals surface area contributed by atoms with Crippen molar-refractivity contribution in [3.05, 3.63) is 61.9 Å². The first-order valence-electron chi connectivity index (χ1n) is 6.38. The summed E-state index contributed by atoms with van der Waals surface area (Å²) >= 11 is 0. The second-order valence-corrected chi connectivity index (χ2v) is 4.58. The number of aryl methyl sites for hydroxylation is 1. The Morgan fingerprint density at radius 3 is 2.82 bits per heavy atom. The number of H-pyrrole nitrogens is 2. The largest absolute Gasteiger partial charge is 0.508 e. The molecule has 0 radical (unpaired) electrons. The summed E-state index contributed by atoms with van der Waals surface area (Å²) in [6.07, 6.45) is 1.15. The first kappa shape index (κ1) is 15.2. The van der Waals surface area contributed by atoms with Crippen molar-refractivity contribution in [3.63, 3.8) is 0 Å². The zero-order valence-electron chi connectivity index (χ0n) is 11.7. The number of aromatic amines is 2. The first-order chi connectivity index (χ1) is 10.5. The van der Waals surface area contributed by atoms with Crippen LogP contribution in [0.4, 0.5) is 0 Å². The summed E-state index contributed by atoms with van der Waals surface area (Å²) in [4.78, 5) is 38.9. The van der Waals surface area contributed by atoms with Gasteiger partial charge in [0.05, 0.1) is 12.6 Å². The molecule has 0 atom stereocenters. The number of rotatable bonds is 4. The van der Waals surface area contributed by atoms with Crippen LogP contribution in [0.1, 0.15) is 16.8 Å². The number of hydrogen-bond acceptors (Lipinski definition) is 5. The number of benzene rings is 1. The van der Waals surface area contributed by atoms with Crippen LogP contribution in [0, 0.1) is 6.92 Å². The Morgan fingerprint density at radius 2 is 2.14 bits per heavy atom. The lowest BCUT2D eigenvalue weighted by molar-refractivity contribution is -0.120. The molecule has 8 heteroatoms. The maximum absolute atomic E-state index is 11.7. The van der Waals surface area contributed by atoms with Gasteiger partial charge in [-0.2, -0.15) is 5.10 Å². The molecule has 0 aliphatic carbocycles. The first-order valence-corrected chi connectivity index (χ1v) is 6.38. The number of phenols is 1. The van der Waals surface area contributed by atoms with Gasteiger partial charge in [0.1, 0.15) is 5.75 Å². The molecule has 0 aliphatic rings. The van der Waals surface area contributed by atoms with Crippen molar-refractivity contribution in [1.29, 1.82) is 0 Å². The van der Waals surface area contributed by atoms with Crippen LogP contribution in [-0.4, -0.2) is 27.2 Å². The zero-order chi connectivity index (χ0) is 16.1. The van der Waals surface area contributed by atoms with Crippen molar-refractivity contribution in [2.45, 2.75) is 13.3 Å². The van der Waals surface area contributed by atoms with Crippen molar-refractivity contribution < 1.29 is 9.90 Å². The number of hydrogen-bond donors (Lipinski definition) is 4. The molecule has 22 heavy (non-hydrogen) atoms. The van der Waals surface area contributed by atoms with Crippen molar-refractivity contribution in [1.82, 2.24) is 15.4 Å². The molecule has 0 fully saturated rings. The summed E-state index contributed by atoms with van der Waals surface area (Å²) in [5.74, 6) is -0.414. The summed E-state index contributed by atoms with van der Waals surface area (Å²) in [5.41, 5.74) is 2.17. The van der Waals surface area contributed by atoms with Crippen molar-refractivity contribution in [2.75, 3.05) is 0 Å². The van der Waals surface area contributed by atoms with Gasteiger partial charge in [0.25, 0.3) is 5.56 Å². The standard InChI is InChI=1S/C14H14N4O4/c1-8-11(13(21)17-14(22)16-8)6-12(20)18-15-7-9-3-2-4-10(19)5-9/h2-5,7,19H,6H2,1H3,(H,18,20)(H2,16,17,21,22)/b15-7-. The quantitative estimate of drug-likeness (QED) is 0.459. The highest BCUT2D eigenvalue weighted by atomic mass is 16.3. The van der Waals surface area contributed by atoms with Crippen molar-refractivity contribution in [2.24, 2.45) is 5.10 Å². The van der Waals surface area contributed by atoms with Gasteiger partial charge in [-0.1, -0.05) is 12.1 Å². The van der Waals surface area contributed by atoms with Crippen LogP contribution in [0.5, 0.6) is 5.75 Å². The number of aromatic hydroxyl groups is 1. The third-order valence-corrected chi connectivity index (χ3v) is 2.87. The molecular weight excluding hydrogens is 288 g/mol. The molecule has 8 nitrogen and oxygen atoms in total. The molecule has 0 spiro atoms. The van der Waals surface area contributed by atoms with Crippen molar-refractivity contribution >= 4 is 12.1 Å². The maximum Gasteiger partial charge on any atom is 0.325 e. The highest BCUT2D eigenvalue weighted by Crippen LogP contribution is 2.08. The van der Waals surface area contributed by atoms with E-state index in [9.17, 15) is 19.5 Å². The fourth-order valence-electron chi connectivity index (χ4n) is 1.82. The average Bonchev–Trinajstić information content (AvgIpc) is 2.43. The van der Waals surface area contributed by atoms with Crippen LogP contribution < -0.4 is 16.7 Å². The van der Waals surface area contributed by atoms with E-state index >= 15 is 0 Å². The lowest BCUT2D eigenvalue weighted by atomic mass is 10.1. The number of phenolic OH excluding ortho intramolecular Hbond substituents is 1. The van der Waals surface area contributed by atoms with Gasteiger partial charge in [0.2, 0.25) is 5.91 Å². The molecule has 0 saturated carbocycles. The lowest BCUT2D eigenvalue weighted by Crippen LogP contribution is -2.30. The van der Waals surface area contributed by atoms with Crippen LogP contribution in [0.15, 0.2) is 39.0 Å². The number of nitrogens with zero attached hydrogens (tertiary/aromatic N) is 1. The minimum atomic E-state index is -0.617. The Labute approximate surface area is 124 Å². The average molecular weight is 302 g/mol. The molecule has 0 bridgehead atoms. The highest BCUT2D eigenvalue weighted by Gasteiger charge is 2.10. The van der Waals surface area contributed by atoms with Crippen LogP contribution in [0.2, 0.25) is 0 Å². The smallest absolute Gasteiger partial charge is 0.325 e. The molecule has 2 rings (SSSR count). The van der Waals surface area contributed by atoms with E-state index in [1.807, 2.05) is 0 Å². The minimum Gasteiger partial charge on any atom is -0.508 e. The Morgan fingerprint density at radius 1 is 1.36 bits per heavy atom. The Hall–Kier alpha value is -3.16. The number of amides is 1. The molecule has 114 valence electrons. The van der Waals surface area contributed by atoms with Crippen LogP contribution in [0.25, 0.3) is 0 Å². The topological polar surface area (TPSA) is 127 Å². The summed E-state index contributed by atoms with van der Waals surface area (Å²) in [7, 11) is 0. The Kier molecular flexibility index (Phi) is 4.52. The van der Waals surface area contributed by atoms with Gasteiger partial charge in [-0.05, 0) is 24.6 Å². The molecule has 1 aromatic carbocycles. The van der Waals surface area contributed by atoms with E-state index in [2.05, 4.69) is 20.5 Å². The minimum absolute atomic E-state index is 0.0886. The third kappa shape index (κ3) is 3.92. The summed E-state index contributed by atoms with van der Waals surface area (Å²) in [5, 5.41) is 13.0. The molecule has 0 saturated heterocycles. The molecule has 1 aromatic heterocycles. The monoisotopic (exact) mass is 302 g/mol. The predicted octanol–water partition coefficient (Wildman–Crippen LogP) is -0.230. The summed E-state index contributed by atoms with van der Waals surface area (Å²) < 4.78 is 0. The van der Waals surface area contributed by atoms with E-state index in [0.717, 1.165) is 0 Å². The molecule has 0 aliphatic heterocycles. The SMILES string of the molecule is Cc1[nH]c(=O)[nH]c(=O)c1CC(=O)N/N=C\c1cccc(O)c1. The van der Waals surface area contributed by atoms with Gasteiger partial charge in [-0.15, -0.1) is 0 Å². The Bertz CT molecular complexity index is 835.